The van der Waals surface area contributed by atoms with Gasteiger partial charge in [-0.25, -0.2) is 4.79 Å². The minimum atomic E-state index is -1.06. The third-order valence-electron chi connectivity index (χ3n) is 3.89. The Balaban J connectivity index is 2.06. The van der Waals surface area contributed by atoms with E-state index in [0.29, 0.717) is 28.3 Å². The van der Waals surface area contributed by atoms with Gasteiger partial charge in [-0.3, -0.25) is 9.59 Å². The van der Waals surface area contributed by atoms with E-state index in [1.54, 1.807) is 19.1 Å². The zero-order valence-electron chi connectivity index (χ0n) is 15.8. The Labute approximate surface area is 161 Å². The largest absolute Gasteiger partial charge is 0.480 e. The molecule has 0 bridgehead atoms. The molecule has 0 radical (unpaired) electrons. The molecule has 0 saturated carbocycles. The van der Waals surface area contributed by atoms with Gasteiger partial charge in [0.2, 0.25) is 0 Å². The van der Waals surface area contributed by atoms with Crippen LogP contribution in [0, 0.1) is 12.3 Å². The summed E-state index contributed by atoms with van der Waals surface area (Å²) in [5, 5.41) is 15.1. The van der Waals surface area contributed by atoms with Gasteiger partial charge in [0.05, 0.1) is 16.1 Å². The van der Waals surface area contributed by atoms with Gasteiger partial charge in [-0.05, 0) is 48.9 Å². The Bertz CT molecular complexity index is 818. The Hall–Kier alpha value is -2.61. The van der Waals surface area contributed by atoms with Crippen molar-refractivity contribution in [2.24, 2.45) is 5.41 Å². The van der Waals surface area contributed by atoms with Crippen LogP contribution in [0.2, 0.25) is 0 Å². The molecule has 1 unspecified atom stereocenters. The number of carboxylic acids is 1. The molecule has 0 aliphatic heterocycles. The van der Waals surface area contributed by atoms with Crippen LogP contribution in [0.25, 0.3) is 0 Å². The van der Waals surface area contributed by atoms with Gasteiger partial charge in [0.1, 0.15) is 6.04 Å². The van der Waals surface area contributed by atoms with Crippen LogP contribution in [0.1, 0.15) is 59.4 Å². The van der Waals surface area contributed by atoms with Gasteiger partial charge in [0.15, 0.2) is 5.76 Å². The van der Waals surface area contributed by atoms with Gasteiger partial charge in [0.25, 0.3) is 11.8 Å². The lowest BCUT2D eigenvalue weighted by molar-refractivity contribution is -0.139. The summed E-state index contributed by atoms with van der Waals surface area (Å²) in [6.07, 6.45) is 2.41. The van der Waals surface area contributed by atoms with Crippen molar-refractivity contribution in [1.29, 1.82) is 0 Å². The molecule has 0 aromatic carbocycles. The van der Waals surface area contributed by atoms with Crippen molar-refractivity contribution in [3.63, 3.8) is 0 Å². The number of rotatable bonds is 7. The number of hydrogen-bond donors (Lipinski definition) is 3. The van der Waals surface area contributed by atoms with E-state index in [4.69, 9.17) is 4.42 Å². The molecule has 7 nitrogen and oxygen atoms in total. The number of amides is 2. The fraction of sp³-hybridized carbons (Fsp3) is 0.421. The van der Waals surface area contributed by atoms with Crippen LogP contribution in [-0.2, 0) is 4.79 Å². The maximum atomic E-state index is 12.5. The van der Waals surface area contributed by atoms with Crippen LogP contribution >= 0.6 is 11.3 Å². The van der Waals surface area contributed by atoms with Crippen LogP contribution < -0.4 is 10.6 Å². The number of carbonyl (C=O) groups is 3. The first-order valence-corrected chi connectivity index (χ1v) is 9.37. The highest BCUT2D eigenvalue weighted by atomic mass is 32.1. The average molecular weight is 392 g/mol. The Morgan fingerprint density at radius 1 is 1.26 bits per heavy atom. The average Bonchev–Trinajstić information content (AvgIpc) is 3.19. The van der Waals surface area contributed by atoms with Crippen molar-refractivity contribution in [3.8, 4) is 0 Å². The van der Waals surface area contributed by atoms with Crippen LogP contribution in [0.3, 0.4) is 0 Å². The van der Waals surface area contributed by atoms with E-state index in [0.717, 1.165) is 11.3 Å². The van der Waals surface area contributed by atoms with Gasteiger partial charge in [0, 0.05) is 0 Å². The molecule has 2 amide bonds. The highest BCUT2D eigenvalue weighted by Gasteiger charge is 2.25. The van der Waals surface area contributed by atoms with Gasteiger partial charge >= 0.3 is 5.97 Å². The highest BCUT2D eigenvalue weighted by molar-refractivity contribution is 7.18. The van der Waals surface area contributed by atoms with E-state index in [2.05, 4.69) is 10.6 Å². The highest BCUT2D eigenvalue weighted by Crippen LogP contribution is 2.28. The smallest absolute Gasteiger partial charge is 0.326 e. The number of nitrogens with one attached hydrogen (secondary N) is 2. The third kappa shape index (κ3) is 5.96. The van der Waals surface area contributed by atoms with Crippen molar-refractivity contribution < 1.29 is 23.9 Å². The number of hydrogen-bond acceptors (Lipinski definition) is 5. The zero-order valence-corrected chi connectivity index (χ0v) is 16.6. The molecule has 2 aromatic rings. The Morgan fingerprint density at radius 2 is 1.96 bits per heavy atom. The number of aliphatic carboxylic acids is 1. The standard InChI is InChI=1S/C19H24N2O5S/c1-11-10-14(21-16(22)13-6-5-9-26-13)27-15(11)17(23)20-12(18(24)25)7-8-19(2,3)4/h5-6,9-10,12H,7-8H2,1-4H3,(H,20,23)(H,21,22)(H,24,25). The van der Waals surface area contributed by atoms with E-state index in [1.165, 1.54) is 12.3 Å². The summed E-state index contributed by atoms with van der Waals surface area (Å²) in [4.78, 5) is 36.4. The second-order valence-corrected chi connectivity index (χ2v) is 8.57. The molecule has 2 rings (SSSR count). The van der Waals surface area contributed by atoms with Gasteiger partial charge in [-0.1, -0.05) is 20.8 Å². The molecule has 8 heteroatoms. The number of carboxylic acid groups (broad SMARTS) is 1. The lowest BCUT2D eigenvalue weighted by Crippen LogP contribution is -2.41. The molecule has 0 aliphatic rings. The minimum Gasteiger partial charge on any atom is -0.480 e. The first kappa shape index (κ1) is 20.7. The molecular weight excluding hydrogens is 368 g/mol. The summed E-state index contributed by atoms with van der Waals surface area (Å²) in [7, 11) is 0. The van der Waals surface area contributed by atoms with Crippen molar-refractivity contribution in [3.05, 3.63) is 40.7 Å². The van der Waals surface area contributed by atoms with Crippen molar-refractivity contribution in [2.45, 2.75) is 46.6 Å². The van der Waals surface area contributed by atoms with Crippen LogP contribution in [-0.4, -0.2) is 28.9 Å². The Morgan fingerprint density at radius 3 is 2.52 bits per heavy atom. The maximum Gasteiger partial charge on any atom is 0.326 e. The van der Waals surface area contributed by atoms with Crippen molar-refractivity contribution >= 4 is 34.1 Å². The molecule has 146 valence electrons. The molecule has 27 heavy (non-hydrogen) atoms. The first-order valence-electron chi connectivity index (χ1n) is 8.56. The summed E-state index contributed by atoms with van der Waals surface area (Å²) in [5.41, 5.74) is 0.632. The number of aryl methyl sites for hydroxylation is 1. The number of anilines is 1. The molecule has 3 N–H and O–H groups in total. The summed E-state index contributed by atoms with van der Waals surface area (Å²) in [5.74, 6) is -1.77. The van der Waals surface area contributed by atoms with E-state index in [1.807, 2.05) is 20.8 Å². The molecule has 1 atom stereocenters. The number of furan rings is 1. The van der Waals surface area contributed by atoms with Crippen molar-refractivity contribution in [1.82, 2.24) is 5.32 Å². The van der Waals surface area contributed by atoms with Gasteiger partial charge in [-0.15, -0.1) is 11.3 Å². The number of carbonyl (C=O) groups excluding carboxylic acids is 2. The lowest BCUT2D eigenvalue weighted by atomic mass is 9.88. The molecule has 0 fully saturated rings. The van der Waals surface area contributed by atoms with Gasteiger partial charge in [-0.2, -0.15) is 0 Å². The zero-order chi connectivity index (χ0) is 20.2. The summed E-state index contributed by atoms with van der Waals surface area (Å²) in [6, 6.07) is 3.86. The molecule has 2 heterocycles. The predicted octanol–water partition coefficient (Wildman–Crippen LogP) is 3.91. The van der Waals surface area contributed by atoms with Crippen LogP contribution in [0.5, 0.6) is 0 Å². The van der Waals surface area contributed by atoms with E-state index in [-0.39, 0.29) is 11.2 Å². The number of thiophene rings is 1. The third-order valence-corrected chi connectivity index (χ3v) is 5.04. The second-order valence-electron chi connectivity index (χ2n) is 7.52. The molecule has 2 aromatic heterocycles. The second kappa shape index (κ2) is 8.39. The minimum absolute atomic E-state index is 0.0272. The summed E-state index contributed by atoms with van der Waals surface area (Å²) < 4.78 is 5.03. The molecular formula is C19H24N2O5S. The molecule has 0 spiro atoms. The quantitative estimate of drug-likeness (QED) is 0.662. The van der Waals surface area contributed by atoms with Crippen molar-refractivity contribution in [2.75, 3.05) is 5.32 Å². The molecule has 0 aliphatic carbocycles. The van der Waals surface area contributed by atoms with E-state index in [9.17, 15) is 19.5 Å². The maximum absolute atomic E-state index is 12.5. The predicted molar refractivity (Wildman–Crippen MR) is 103 cm³/mol. The topological polar surface area (TPSA) is 109 Å². The van der Waals surface area contributed by atoms with Crippen LogP contribution in [0.15, 0.2) is 28.9 Å². The first-order chi connectivity index (χ1) is 12.6. The normalized spacial score (nSPS) is 12.4. The van der Waals surface area contributed by atoms with E-state index < -0.39 is 23.8 Å². The van der Waals surface area contributed by atoms with E-state index >= 15 is 0 Å². The summed E-state index contributed by atoms with van der Waals surface area (Å²) in [6.45, 7) is 7.79. The lowest BCUT2D eigenvalue weighted by Gasteiger charge is -2.21. The fourth-order valence-corrected chi connectivity index (χ4v) is 3.38. The monoisotopic (exact) mass is 392 g/mol. The van der Waals surface area contributed by atoms with Gasteiger partial charge < -0.3 is 20.2 Å². The summed E-state index contributed by atoms with van der Waals surface area (Å²) >= 11 is 1.09. The molecule has 0 saturated heterocycles. The van der Waals surface area contributed by atoms with Crippen LogP contribution in [0.4, 0.5) is 5.00 Å². The SMILES string of the molecule is Cc1cc(NC(=O)c2ccco2)sc1C(=O)NC(CCC(C)(C)C)C(=O)O. The fourth-order valence-electron chi connectivity index (χ4n) is 2.41. The Kier molecular flexibility index (Phi) is 6.43.